The molecule has 3 amide bonds. The molecule has 0 atom stereocenters. The highest BCUT2D eigenvalue weighted by molar-refractivity contribution is 7.99. The second-order valence-electron chi connectivity index (χ2n) is 4.42. The van der Waals surface area contributed by atoms with E-state index in [-0.39, 0.29) is 11.7 Å². The van der Waals surface area contributed by atoms with Crippen molar-refractivity contribution < 1.29 is 9.59 Å². The zero-order valence-corrected chi connectivity index (χ0v) is 13.2. The van der Waals surface area contributed by atoms with Crippen molar-refractivity contribution in [2.24, 2.45) is 5.73 Å². The van der Waals surface area contributed by atoms with Crippen molar-refractivity contribution in [2.45, 2.75) is 38.4 Å². The molecule has 0 aliphatic carbocycles. The summed E-state index contributed by atoms with van der Waals surface area (Å²) < 4.78 is 1.85. The fraction of sp³-hybridized carbons (Fsp3) is 0.667. The van der Waals surface area contributed by atoms with Crippen LogP contribution in [0.3, 0.4) is 0 Å². The summed E-state index contributed by atoms with van der Waals surface area (Å²) in [5.41, 5.74) is 5.52. The lowest BCUT2D eigenvalue weighted by Crippen LogP contribution is -2.40. The van der Waals surface area contributed by atoms with E-state index in [9.17, 15) is 9.59 Å². The molecule has 4 N–H and O–H groups in total. The maximum absolute atomic E-state index is 11.7. The molecule has 0 bridgehead atoms. The van der Waals surface area contributed by atoms with E-state index in [4.69, 9.17) is 5.73 Å². The molecular weight excluding hydrogens is 292 g/mol. The van der Waals surface area contributed by atoms with Crippen molar-refractivity contribution in [1.82, 2.24) is 25.4 Å². The third kappa shape index (κ3) is 6.13. The van der Waals surface area contributed by atoms with Crippen LogP contribution in [0, 0.1) is 6.92 Å². The van der Waals surface area contributed by atoms with Crippen molar-refractivity contribution >= 4 is 23.7 Å². The number of thioether (sulfide) groups is 1. The Morgan fingerprint density at radius 1 is 1.38 bits per heavy atom. The zero-order chi connectivity index (χ0) is 15.7. The molecule has 0 unspecified atom stereocenters. The molecule has 1 heterocycles. The summed E-state index contributed by atoms with van der Waals surface area (Å²) in [6.45, 7) is 5.49. The van der Waals surface area contributed by atoms with E-state index in [0.717, 1.165) is 18.7 Å². The van der Waals surface area contributed by atoms with E-state index < -0.39 is 6.03 Å². The summed E-state index contributed by atoms with van der Waals surface area (Å²) in [5.74, 6) is 0.485. The number of hydrogen-bond donors (Lipinski definition) is 3. The minimum Gasteiger partial charge on any atom is -0.338 e. The van der Waals surface area contributed by atoms with Crippen molar-refractivity contribution in [3.8, 4) is 0 Å². The first-order chi connectivity index (χ1) is 10.1. The van der Waals surface area contributed by atoms with E-state index >= 15 is 0 Å². The van der Waals surface area contributed by atoms with Gasteiger partial charge in [-0.2, -0.15) is 0 Å². The van der Waals surface area contributed by atoms with Crippen LogP contribution >= 0.6 is 11.8 Å². The molecule has 8 nitrogen and oxygen atoms in total. The number of carbonyl (C=O) groups is 2. The number of rotatable bonds is 8. The van der Waals surface area contributed by atoms with Crippen LogP contribution in [0.4, 0.5) is 4.79 Å². The Morgan fingerprint density at radius 2 is 2.14 bits per heavy atom. The van der Waals surface area contributed by atoms with E-state index in [1.807, 2.05) is 18.4 Å². The lowest BCUT2D eigenvalue weighted by molar-refractivity contribution is -0.117. The molecule has 0 radical (unpaired) electrons. The van der Waals surface area contributed by atoms with Crippen molar-refractivity contribution in [1.29, 1.82) is 0 Å². The monoisotopic (exact) mass is 314 g/mol. The Balaban J connectivity index is 2.37. The highest BCUT2D eigenvalue weighted by Gasteiger charge is 2.12. The maximum atomic E-state index is 11.7. The summed E-state index contributed by atoms with van der Waals surface area (Å²) in [7, 11) is 0. The SMILES string of the molecule is CCCCNC(=O)NC(=O)CSc1nnc(C)n1CCN. The normalized spacial score (nSPS) is 10.4. The summed E-state index contributed by atoms with van der Waals surface area (Å²) in [6, 6.07) is -0.464. The van der Waals surface area contributed by atoms with Crippen LogP contribution in [-0.4, -0.2) is 45.5 Å². The molecule has 0 aliphatic heterocycles. The van der Waals surface area contributed by atoms with Gasteiger partial charge in [-0.1, -0.05) is 25.1 Å². The van der Waals surface area contributed by atoms with Gasteiger partial charge in [-0.3, -0.25) is 10.1 Å². The zero-order valence-electron chi connectivity index (χ0n) is 12.4. The van der Waals surface area contributed by atoms with E-state index in [0.29, 0.717) is 24.8 Å². The summed E-state index contributed by atoms with van der Waals surface area (Å²) in [4.78, 5) is 23.1. The molecule has 0 aliphatic rings. The number of unbranched alkanes of at least 4 members (excludes halogenated alkanes) is 1. The Kier molecular flexibility index (Phi) is 7.76. The topological polar surface area (TPSA) is 115 Å². The highest BCUT2D eigenvalue weighted by atomic mass is 32.2. The van der Waals surface area contributed by atoms with Crippen LogP contribution in [0.5, 0.6) is 0 Å². The van der Waals surface area contributed by atoms with Gasteiger partial charge in [0.05, 0.1) is 5.75 Å². The Labute approximate surface area is 128 Å². The Morgan fingerprint density at radius 3 is 2.81 bits per heavy atom. The molecule has 118 valence electrons. The standard InChI is InChI=1S/C12H22N6O2S/c1-3-4-6-14-11(20)15-10(19)8-21-12-17-16-9(2)18(12)7-5-13/h3-8,13H2,1-2H3,(H2,14,15,19,20). The van der Waals surface area contributed by atoms with Gasteiger partial charge in [-0.15, -0.1) is 10.2 Å². The van der Waals surface area contributed by atoms with E-state index in [1.54, 1.807) is 0 Å². The second kappa shape index (κ2) is 9.35. The average Bonchev–Trinajstić information content (AvgIpc) is 2.78. The number of aryl methyl sites for hydroxylation is 1. The summed E-state index contributed by atoms with van der Waals surface area (Å²) >= 11 is 1.23. The predicted molar refractivity (Wildman–Crippen MR) is 81.0 cm³/mol. The fourth-order valence-corrected chi connectivity index (χ4v) is 2.38. The molecule has 0 fully saturated rings. The van der Waals surface area contributed by atoms with Crippen LogP contribution in [0.15, 0.2) is 5.16 Å². The van der Waals surface area contributed by atoms with Crippen LogP contribution < -0.4 is 16.4 Å². The van der Waals surface area contributed by atoms with Crippen molar-refractivity contribution in [3.05, 3.63) is 5.82 Å². The molecule has 0 aromatic carbocycles. The first-order valence-corrected chi connectivity index (χ1v) is 7.87. The largest absolute Gasteiger partial charge is 0.338 e. The molecule has 0 saturated heterocycles. The first kappa shape index (κ1) is 17.4. The number of carbonyl (C=O) groups excluding carboxylic acids is 2. The van der Waals surface area contributed by atoms with Gasteiger partial charge in [0.25, 0.3) is 0 Å². The minimum absolute atomic E-state index is 0.101. The number of imide groups is 1. The number of amides is 3. The van der Waals surface area contributed by atoms with Crippen LogP contribution in [0.1, 0.15) is 25.6 Å². The number of urea groups is 1. The number of nitrogens with one attached hydrogen (secondary N) is 2. The van der Waals surface area contributed by atoms with Crippen molar-refractivity contribution in [3.63, 3.8) is 0 Å². The van der Waals surface area contributed by atoms with Gasteiger partial charge in [0.15, 0.2) is 5.16 Å². The van der Waals surface area contributed by atoms with Gasteiger partial charge < -0.3 is 15.6 Å². The van der Waals surface area contributed by atoms with Gasteiger partial charge in [-0.25, -0.2) is 4.79 Å². The van der Waals surface area contributed by atoms with Crippen LogP contribution in [-0.2, 0) is 11.3 Å². The molecule has 0 spiro atoms. The molecule has 1 aromatic rings. The number of nitrogens with zero attached hydrogens (tertiary/aromatic N) is 3. The van der Waals surface area contributed by atoms with Gasteiger partial charge in [0.1, 0.15) is 5.82 Å². The van der Waals surface area contributed by atoms with Crippen LogP contribution in [0.25, 0.3) is 0 Å². The van der Waals surface area contributed by atoms with Gasteiger partial charge in [0, 0.05) is 19.6 Å². The molecule has 9 heteroatoms. The molecule has 1 aromatic heterocycles. The second-order valence-corrected chi connectivity index (χ2v) is 5.36. The minimum atomic E-state index is -0.464. The molecule has 21 heavy (non-hydrogen) atoms. The van der Waals surface area contributed by atoms with Gasteiger partial charge >= 0.3 is 6.03 Å². The quantitative estimate of drug-likeness (QED) is 0.468. The fourth-order valence-electron chi connectivity index (χ4n) is 1.57. The molecule has 1 rings (SSSR count). The summed E-state index contributed by atoms with van der Waals surface area (Å²) in [5, 5.41) is 13.5. The van der Waals surface area contributed by atoms with Gasteiger partial charge in [0.2, 0.25) is 5.91 Å². The predicted octanol–water partition coefficient (Wildman–Crippen LogP) is 0.263. The molecule has 0 saturated carbocycles. The smallest absolute Gasteiger partial charge is 0.321 e. The lowest BCUT2D eigenvalue weighted by Gasteiger charge is -2.07. The highest BCUT2D eigenvalue weighted by Crippen LogP contribution is 2.15. The maximum Gasteiger partial charge on any atom is 0.321 e. The Bertz CT molecular complexity index is 476. The third-order valence-corrected chi connectivity index (χ3v) is 3.62. The first-order valence-electron chi connectivity index (χ1n) is 6.88. The lowest BCUT2D eigenvalue weighted by atomic mass is 10.3. The Hall–Kier alpha value is -1.61. The number of aromatic nitrogens is 3. The van der Waals surface area contributed by atoms with Crippen molar-refractivity contribution in [2.75, 3.05) is 18.8 Å². The number of nitrogens with two attached hydrogens (primary N) is 1. The molecular formula is C12H22N6O2S. The van der Waals surface area contributed by atoms with E-state index in [1.165, 1.54) is 11.8 Å². The van der Waals surface area contributed by atoms with Gasteiger partial charge in [-0.05, 0) is 13.3 Å². The van der Waals surface area contributed by atoms with E-state index in [2.05, 4.69) is 20.8 Å². The third-order valence-electron chi connectivity index (χ3n) is 2.66. The summed E-state index contributed by atoms with van der Waals surface area (Å²) in [6.07, 6.45) is 1.87. The number of hydrogen-bond acceptors (Lipinski definition) is 6. The average molecular weight is 314 g/mol. The van der Waals surface area contributed by atoms with Crippen LogP contribution in [0.2, 0.25) is 0 Å².